The van der Waals surface area contributed by atoms with Crippen LogP contribution < -0.4 is 10.6 Å². The van der Waals surface area contributed by atoms with Crippen molar-refractivity contribution in [2.24, 2.45) is 5.41 Å². The molecule has 5 nitrogen and oxygen atoms in total. The Labute approximate surface area is 122 Å². The van der Waals surface area contributed by atoms with Gasteiger partial charge >= 0.3 is 12.2 Å². The summed E-state index contributed by atoms with van der Waals surface area (Å²) in [5, 5.41) is 14.7. The molecule has 1 aliphatic rings. The lowest BCUT2D eigenvalue weighted by molar-refractivity contribution is -0.173. The van der Waals surface area contributed by atoms with E-state index in [1.165, 1.54) is 0 Å². The van der Waals surface area contributed by atoms with Crippen molar-refractivity contribution in [3.8, 4) is 0 Å². The first-order valence-electron chi connectivity index (χ1n) is 7.06. The van der Waals surface area contributed by atoms with Crippen LogP contribution >= 0.6 is 0 Å². The Kier molecular flexibility index (Phi) is 6.73. The molecule has 1 aliphatic carbocycles. The van der Waals surface area contributed by atoms with E-state index in [-0.39, 0.29) is 37.2 Å². The molecular formula is C13H23F3N2O3. The minimum absolute atomic E-state index is 0.0171. The van der Waals surface area contributed by atoms with Crippen molar-refractivity contribution in [2.75, 3.05) is 26.4 Å². The highest BCUT2D eigenvalue weighted by Crippen LogP contribution is 2.37. The molecule has 1 rings (SSSR count). The maximum Gasteiger partial charge on any atom is 0.411 e. The second kappa shape index (κ2) is 7.84. The molecule has 0 bridgehead atoms. The Morgan fingerprint density at radius 3 is 2.81 bits per heavy atom. The van der Waals surface area contributed by atoms with Gasteiger partial charge in [-0.3, -0.25) is 0 Å². The molecule has 124 valence electrons. The number of amides is 2. The van der Waals surface area contributed by atoms with Crippen molar-refractivity contribution in [2.45, 2.75) is 44.8 Å². The van der Waals surface area contributed by atoms with Gasteiger partial charge in [-0.25, -0.2) is 4.79 Å². The van der Waals surface area contributed by atoms with E-state index in [2.05, 4.69) is 15.4 Å². The number of carbonyl (C=O) groups excluding carboxylic acids is 1. The van der Waals surface area contributed by atoms with E-state index in [0.29, 0.717) is 6.42 Å². The summed E-state index contributed by atoms with van der Waals surface area (Å²) < 4.78 is 39.8. The highest BCUT2D eigenvalue weighted by Gasteiger charge is 2.39. The van der Waals surface area contributed by atoms with E-state index in [1.807, 2.05) is 6.92 Å². The van der Waals surface area contributed by atoms with Gasteiger partial charge in [0.2, 0.25) is 0 Å². The average Bonchev–Trinajstić information content (AvgIpc) is 2.75. The number of alkyl halides is 3. The van der Waals surface area contributed by atoms with Crippen LogP contribution in [0.5, 0.6) is 0 Å². The second-order valence-electron chi connectivity index (χ2n) is 5.68. The van der Waals surface area contributed by atoms with Gasteiger partial charge in [-0.15, -0.1) is 0 Å². The van der Waals surface area contributed by atoms with E-state index >= 15 is 0 Å². The highest BCUT2D eigenvalue weighted by molar-refractivity contribution is 5.74. The van der Waals surface area contributed by atoms with Gasteiger partial charge in [0.25, 0.3) is 0 Å². The molecule has 8 heteroatoms. The van der Waals surface area contributed by atoms with Crippen LogP contribution in [0.15, 0.2) is 0 Å². The van der Waals surface area contributed by atoms with Crippen LogP contribution in [0.25, 0.3) is 0 Å². The van der Waals surface area contributed by atoms with Gasteiger partial charge in [0.15, 0.2) is 0 Å². The van der Waals surface area contributed by atoms with E-state index in [9.17, 15) is 23.1 Å². The quantitative estimate of drug-likeness (QED) is 0.628. The first-order valence-corrected chi connectivity index (χ1v) is 7.06. The molecule has 1 fully saturated rings. The molecule has 21 heavy (non-hydrogen) atoms. The van der Waals surface area contributed by atoms with Crippen molar-refractivity contribution in [1.29, 1.82) is 0 Å². The molecule has 0 aliphatic heterocycles. The van der Waals surface area contributed by atoms with Crippen LogP contribution in [0.2, 0.25) is 0 Å². The fourth-order valence-corrected chi connectivity index (χ4v) is 2.44. The molecule has 0 aromatic rings. The zero-order chi connectivity index (χ0) is 15.9. The molecule has 1 saturated carbocycles. The third-order valence-electron chi connectivity index (χ3n) is 3.77. The lowest BCUT2D eigenvalue weighted by Crippen LogP contribution is -2.48. The highest BCUT2D eigenvalue weighted by atomic mass is 19.4. The van der Waals surface area contributed by atoms with E-state index in [4.69, 9.17) is 0 Å². The summed E-state index contributed by atoms with van der Waals surface area (Å²) in [7, 11) is 0. The Bertz CT molecular complexity index is 339. The number of aliphatic hydroxyl groups excluding tert-OH is 1. The maximum absolute atomic E-state index is 11.8. The summed E-state index contributed by atoms with van der Waals surface area (Å²) in [6.45, 7) is 0.860. The molecule has 0 aromatic heterocycles. The smallest absolute Gasteiger partial charge is 0.396 e. The van der Waals surface area contributed by atoms with Gasteiger partial charge in [0, 0.05) is 24.6 Å². The molecule has 0 spiro atoms. The summed E-state index contributed by atoms with van der Waals surface area (Å²) in [6, 6.07) is -0.443. The fraction of sp³-hybridized carbons (Fsp3) is 0.923. The van der Waals surface area contributed by atoms with Crippen molar-refractivity contribution in [3.05, 3.63) is 0 Å². The van der Waals surface area contributed by atoms with Crippen LogP contribution in [0.4, 0.5) is 18.0 Å². The topological polar surface area (TPSA) is 70.6 Å². The molecular weight excluding hydrogens is 289 g/mol. The molecule has 0 heterocycles. The van der Waals surface area contributed by atoms with Crippen LogP contribution in [0.1, 0.15) is 32.6 Å². The summed E-state index contributed by atoms with van der Waals surface area (Å²) in [4.78, 5) is 11.7. The van der Waals surface area contributed by atoms with Crippen LogP contribution in [0.3, 0.4) is 0 Å². The van der Waals surface area contributed by atoms with Gasteiger partial charge in [-0.2, -0.15) is 13.2 Å². The summed E-state index contributed by atoms with van der Waals surface area (Å²) >= 11 is 0. The van der Waals surface area contributed by atoms with Crippen molar-refractivity contribution >= 4 is 6.03 Å². The monoisotopic (exact) mass is 312 g/mol. The van der Waals surface area contributed by atoms with Crippen LogP contribution in [-0.2, 0) is 4.74 Å². The van der Waals surface area contributed by atoms with Gasteiger partial charge in [0.05, 0.1) is 6.61 Å². The fourth-order valence-electron chi connectivity index (χ4n) is 2.44. The maximum atomic E-state index is 11.8. The molecule has 3 N–H and O–H groups in total. The third-order valence-corrected chi connectivity index (χ3v) is 3.77. The lowest BCUT2D eigenvalue weighted by atomic mass is 9.86. The number of hydrogen-bond acceptors (Lipinski definition) is 3. The standard InChI is InChI=1S/C13H23F3N2O3/c1-12(8-19)5-2-4-10(12)18-11(20)17-6-3-7-21-9-13(14,15)16/h10,19H,2-9H2,1H3,(H2,17,18,20). The predicted molar refractivity (Wildman–Crippen MR) is 70.9 cm³/mol. The number of rotatable bonds is 7. The molecule has 0 aromatic carbocycles. The van der Waals surface area contributed by atoms with Gasteiger partial charge in [0.1, 0.15) is 6.61 Å². The first kappa shape index (κ1) is 18.0. The van der Waals surface area contributed by atoms with E-state index in [0.717, 1.165) is 19.3 Å². The van der Waals surface area contributed by atoms with Crippen LogP contribution in [-0.4, -0.2) is 49.7 Å². The summed E-state index contributed by atoms with van der Waals surface area (Å²) in [6.07, 6.45) is -1.38. The van der Waals surface area contributed by atoms with Gasteiger partial charge < -0.3 is 20.5 Å². The van der Waals surface area contributed by atoms with E-state index < -0.39 is 12.8 Å². The molecule has 2 atom stereocenters. The Morgan fingerprint density at radius 2 is 2.19 bits per heavy atom. The Morgan fingerprint density at radius 1 is 1.48 bits per heavy atom. The molecule has 0 radical (unpaired) electrons. The average molecular weight is 312 g/mol. The number of halogens is 3. The SMILES string of the molecule is CC1(CO)CCCC1NC(=O)NCCCOCC(F)(F)F. The molecule has 2 unspecified atom stereocenters. The lowest BCUT2D eigenvalue weighted by Gasteiger charge is -2.30. The molecule has 0 saturated heterocycles. The number of hydrogen-bond donors (Lipinski definition) is 3. The van der Waals surface area contributed by atoms with Gasteiger partial charge in [-0.1, -0.05) is 13.3 Å². The minimum atomic E-state index is -4.32. The Balaban J connectivity index is 2.12. The zero-order valence-corrected chi connectivity index (χ0v) is 12.1. The minimum Gasteiger partial charge on any atom is -0.396 e. The number of nitrogens with one attached hydrogen (secondary N) is 2. The number of carbonyl (C=O) groups is 1. The van der Waals surface area contributed by atoms with Crippen molar-refractivity contribution in [1.82, 2.24) is 10.6 Å². The number of ether oxygens (including phenoxy) is 1. The van der Waals surface area contributed by atoms with Crippen molar-refractivity contribution in [3.63, 3.8) is 0 Å². The number of urea groups is 1. The predicted octanol–water partition coefficient (Wildman–Crippen LogP) is 1.81. The second-order valence-corrected chi connectivity index (χ2v) is 5.68. The zero-order valence-electron chi connectivity index (χ0n) is 12.1. The van der Waals surface area contributed by atoms with Crippen molar-refractivity contribution < 1.29 is 27.8 Å². The largest absolute Gasteiger partial charge is 0.411 e. The number of aliphatic hydroxyl groups is 1. The van der Waals surface area contributed by atoms with Crippen LogP contribution in [0, 0.1) is 5.41 Å². The molecule has 2 amide bonds. The third kappa shape index (κ3) is 6.52. The summed E-state index contributed by atoms with van der Waals surface area (Å²) in [5.74, 6) is 0. The van der Waals surface area contributed by atoms with Gasteiger partial charge in [-0.05, 0) is 19.3 Å². The summed E-state index contributed by atoms with van der Waals surface area (Å²) in [5.41, 5.74) is -0.298. The Hall–Kier alpha value is -1.02. The van der Waals surface area contributed by atoms with E-state index in [1.54, 1.807) is 0 Å². The normalized spacial score (nSPS) is 25.9. The first-order chi connectivity index (χ1) is 9.77.